The summed E-state index contributed by atoms with van der Waals surface area (Å²) in [5.74, 6) is 0. The normalized spacial score (nSPS) is 11.4. The quantitative estimate of drug-likeness (QED) is 0.743. The number of anilines is 3. The Bertz CT molecular complexity index is 639. The van der Waals surface area contributed by atoms with Crippen LogP contribution in [0.15, 0.2) is 40.9 Å². The molecule has 2 aromatic rings. The van der Waals surface area contributed by atoms with Crippen molar-refractivity contribution in [2.24, 2.45) is 0 Å². The zero-order chi connectivity index (χ0) is 14.9. The van der Waals surface area contributed by atoms with Gasteiger partial charge in [0, 0.05) is 15.8 Å². The van der Waals surface area contributed by atoms with Crippen LogP contribution in [-0.2, 0) is 6.18 Å². The summed E-state index contributed by atoms with van der Waals surface area (Å²) in [4.78, 5) is 0. The first-order valence-corrected chi connectivity index (χ1v) is 6.56. The monoisotopic (exact) mass is 344 g/mol. The standard InChI is InChI=1S/C14H12BrF3N2/c1-8-2-4-10(19)7-12(8)20-13-6-9(14(16,17)18)3-5-11(13)15/h2-7,20H,19H2,1H3. The van der Waals surface area contributed by atoms with Crippen LogP contribution >= 0.6 is 15.9 Å². The molecule has 2 nitrogen and oxygen atoms in total. The van der Waals surface area contributed by atoms with Crippen LogP contribution in [0, 0.1) is 6.92 Å². The maximum Gasteiger partial charge on any atom is 0.416 e. The van der Waals surface area contributed by atoms with Crippen molar-refractivity contribution < 1.29 is 13.2 Å². The molecule has 106 valence electrons. The molecular formula is C14H12BrF3N2. The fourth-order valence-corrected chi connectivity index (χ4v) is 2.06. The number of nitrogens with one attached hydrogen (secondary N) is 1. The summed E-state index contributed by atoms with van der Waals surface area (Å²) in [6.45, 7) is 1.85. The Morgan fingerprint density at radius 3 is 2.40 bits per heavy atom. The number of hydrogen-bond donors (Lipinski definition) is 2. The number of aryl methyl sites for hydroxylation is 1. The Balaban J connectivity index is 2.40. The molecule has 0 unspecified atom stereocenters. The van der Waals surface area contributed by atoms with Crippen molar-refractivity contribution in [1.29, 1.82) is 0 Å². The minimum absolute atomic E-state index is 0.341. The maximum absolute atomic E-state index is 12.7. The highest BCUT2D eigenvalue weighted by molar-refractivity contribution is 9.10. The van der Waals surface area contributed by atoms with Gasteiger partial charge >= 0.3 is 6.18 Å². The molecule has 0 aliphatic carbocycles. The molecule has 0 aliphatic rings. The van der Waals surface area contributed by atoms with Crippen LogP contribution in [0.25, 0.3) is 0 Å². The molecule has 0 aliphatic heterocycles. The summed E-state index contributed by atoms with van der Waals surface area (Å²) in [5, 5.41) is 2.97. The first kappa shape index (κ1) is 14.7. The Morgan fingerprint density at radius 1 is 1.05 bits per heavy atom. The van der Waals surface area contributed by atoms with Crippen molar-refractivity contribution in [3.8, 4) is 0 Å². The predicted octanol–water partition coefficient (Wildman–Crippen LogP) is 5.10. The Hall–Kier alpha value is -1.69. The van der Waals surface area contributed by atoms with Crippen LogP contribution in [0.2, 0.25) is 0 Å². The number of alkyl halides is 3. The van der Waals surface area contributed by atoms with Gasteiger partial charge in [-0.15, -0.1) is 0 Å². The molecule has 2 rings (SSSR count). The highest BCUT2D eigenvalue weighted by Gasteiger charge is 2.30. The topological polar surface area (TPSA) is 38.0 Å². The summed E-state index contributed by atoms with van der Waals surface area (Å²) >= 11 is 3.24. The molecule has 0 radical (unpaired) electrons. The zero-order valence-electron chi connectivity index (χ0n) is 10.6. The summed E-state index contributed by atoms with van der Waals surface area (Å²) in [6.07, 6.45) is -4.37. The van der Waals surface area contributed by atoms with Crippen molar-refractivity contribution >= 4 is 33.0 Å². The number of nitrogens with two attached hydrogens (primary N) is 1. The highest BCUT2D eigenvalue weighted by atomic mass is 79.9. The van der Waals surface area contributed by atoms with Crippen LogP contribution in [-0.4, -0.2) is 0 Å². The number of nitrogen functional groups attached to an aromatic ring is 1. The molecule has 0 aromatic heterocycles. The van der Waals surface area contributed by atoms with Crippen molar-refractivity contribution in [2.45, 2.75) is 13.1 Å². The lowest BCUT2D eigenvalue weighted by Crippen LogP contribution is -2.06. The van der Waals surface area contributed by atoms with Gasteiger partial charge in [-0.2, -0.15) is 13.2 Å². The van der Waals surface area contributed by atoms with Crippen LogP contribution in [0.1, 0.15) is 11.1 Å². The molecule has 0 saturated heterocycles. The van der Waals surface area contributed by atoms with Gasteiger partial charge in [0.25, 0.3) is 0 Å². The average molecular weight is 345 g/mol. The number of benzene rings is 2. The van der Waals surface area contributed by atoms with Crippen LogP contribution in [0.5, 0.6) is 0 Å². The molecular weight excluding hydrogens is 333 g/mol. The van der Waals surface area contributed by atoms with E-state index in [2.05, 4.69) is 21.2 Å². The number of halogens is 4. The predicted molar refractivity (Wildman–Crippen MR) is 78.0 cm³/mol. The summed E-state index contributed by atoms with van der Waals surface area (Å²) < 4.78 is 38.7. The van der Waals surface area contributed by atoms with Gasteiger partial charge in [-0.05, 0) is 58.7 Å². The number of rotatable bonds is 2. The van der Waals surface area contributed by atoms with E-state index in [0.29, 0.717) is 21.5 Å². The third-order valence-corrected chi connectivity index (χ3v) is 3.52. The Kier molecular flexibility index (Phi) is 3.94. The summed E-state index contributed by atoms with van der Waals surface area (Å²) in [5.41, 5.74) is 7.43. The third-order valence-electron chi connectivity index (χ3n) is 2.82. The van der Waals surface area contributed by atoms with Crippen molar-refractivity contribution in [3.63, 3.8) is 0 Å². The molecule has 0 spiro atoms. The molecule has 6 heteroatoms. The Morgan fingerprint density at radius 2 is 1.75 bits per heavy atom. The van der Waals surface area contributed by atoms with E-state index >= 15 is 0 Å². The fraction of sp³-hybridized carbons (Fsp3) is 0.143. The van der Waals surface area contributed by atoms with E-state index in [0.717, 1.165) is 17.7 Å². The van der Waals surface area contributed by atoms with Crippen LogP contribution in [0.4, 0.5) is 30.2 Å². The minimum Gasteiger partial charge on any atom is -0.399 e. The second-order valence-electron chi connectivity index (χ2n) is 4.39. The lowest BCUT2D eigenvalue weighted by Gasteiger charge is -2.14. The van der Waals surface area contributed by atoms with E-state index < -0.39 is 11.7 Å². The number of hydrogen-bond acceptors (Lipinski definition) is 2. The van der Waals surface area contributed by atoms with E-state index in [1.54, 1.807) is 18.2 Å². The van der Waals surface area contributed by atoms with Gasteiger partial charge in [0.1, 0.15) is 0 Å². The van der Waals surface area contributed by atoms with Crippen molar-refractivity contribution in [3.05, 3.63) is 52.0 Å². The molecule has 0 atom stereocenters. The zero-order valence-corrected chi connectivity index (χ0v) is 12.1. The largest absolute Gasteiger partial charge is 0.416 e. The lowest BCUT2D eigenvalue weighted by molar-refractivity contribution is -0.137. The van der Waals surface area contributed by atoms with E-state index in [4.69, 9.17) is 5.73 Å². The van der Waals surface area contributed by atoms with Gasteiger partial charge in [-0.25, -0.2) is 0 Å². The Labute approximate surface area is 122 Å². The minimum atomic E-state index is -4.37. The molecule has 0 heterocycles. The van der Waals surface area contributed by atoms with E-state index in [9.17, 15) is 13.2 Å². The molecule has 20 heavy (non-hydrogen) atoms. The van der Waals surface area contributed by atoms with Crippen molar-refractivity contribution in [1.82, 2.24) is 0 Å². The average Bonchev–Trinajstić information content (AvgIpc) is 2.35. The molecule has 3 N–H and O–H groups in total. The van der Waals surface area contributed by atoms with Gasteiger partial charge in [0.15, 0.2) is 0 Å². The summed E-state index contributed by atoms with van der Waals surface area (Å²) in [7, 11) is 0. The van der Waals surface area contributed by atoms with Gasteiger partial charge in [-0.1, -0.05) is 6.07 Å². The molecule has 0 saturated carbocycles. The first-order chi connectivity index (χ1) is 9.27. The lowest BCUT2D eigenvalue weighted by atomic mass is 10.1. The second kappa shape index (κ2) is 5.36. The fourth-order valence-electron chi connectivity index (χ4n) is 1.72. The SMILES string of the molecule is Cc1ccc(N)cc1Nc1cc(C(F)(F)F)ccc1Br. The summed E-state index contributed by atoms with van der Waals surface area (Å²) in [6, 6.07) is 8.68. The molecule has 2 aromatic carbocycles. The highest BCUT2D eigenvalue weighted by Crippen LogP contribution is 2.35. The molecule has 0 fully saturated rings. The smallest absolute Gasteiger partial charge is 0.399 e. The van der Waals surface area contributed by atoms with Crippen LogP contribution in [0.3, 0.4) is 0 Å². The maximum atomic E-state index is 12.7. The van der Waals surface area contributed by atoms with Gasteiger partial charge in [-0.3, -0.25) is 0 Å². The molecule has 0 bridgehead atoms. The second-order valence-corrected chi connectivity index (χ2v) is 5.25. The van der Waals surface area contributed by atoms with Gasteiger partial charge in [0.05, 0.1) is 11.3 Å². The van der Waals surface area contributed by atoms with Gasteiger partial charge < -0.3 is 11.1 Å². The first-order valence-electron chi connectivity index (χ1n) is 5.77. The third kappa shape index (κ3) is 3.25. The van der Waals surface area contributed by atoms with E-state index in [1.807, 2.05) is 6.92 Å². The molecule has 0 amide bonds. The van der Waals surface area contributed by atoms with E-state index in [-0.39, 0.29) is 0 Å². The van der Waals surface area contributed by atoms with Crippen LogP contribution < -0.4 is 11.1 Å². The van der Waals surface area contributed by atoms with Gasteiger partial charge in [0.2, 0.25) is 0 Å². The van der Waals surface area contributed by atoms with Crippen molar-refractivity contribution in [2.75, 3.05) is 11.1 Å². The van der Waals surface area contributed by atoms with E-state index in [1.165, 1.54) is 6.07 Å².